The van der Waals surface area contributed by atoms with Gasteiger partial charge < -0.3 is 14.2 Å². The van der Waals surface area contributed by atoms with Crippen LogP contribution in [-0.4, -0.2) is 43.2 Å². The van der Waals surface area contributed by atoms with E-state index in [9.17, 15) is 14.4 Å². The molecule has 1 aromatic rings. The zero-order chi connectivity index (χ0) is 17.9. The SMILES string of the molecule is CCOC(=O)c1ccc2c(c1)N(CC(=O)OC(C)(C)C)C(=O)CO2. The number of anilines is 1. The van der Waals surface area contributed by atoms with Crippen molar-refractivity contribution in [3.8, 4) is 5.75 Å². The molecule has 0 bridgehead atoms. The molecule has 0 unspecified atom stereocenters. The van der Waals surface area contributed by atoms with Crippen LogP contribution >= 0.6 is 0 Å². The summed E-state index contributed by atoms with van der Waals surface area (Å²) in [6.07, 6.45) is 0. The van der Waals surface area contributed by atoms with Gasteiger partial charge in [-0.2, -0.15) is 0 Å². The van der Waals surface area contributed by atoms with Gasteiger partial charge in [-0.05, 0) is 45.9 Å². The molecule has 2 rings (SSSR count). The van der Waals surface area contributed by atoms with Gasteiger partial charge in [-0.25, -0.2) is 4.79 Å². The number of esters is 2. The van der Waals surface area contributed by atoms with Crippen molar-refractivity contribution in [1.82, 2.24) is 0 Å². The molecule has 7 nitrogen and oxygen atoms in total. The van der Waals surface area contributed by atoms with Crippen molar-refractivity contribution in [2.75, 3.05) is 24.7 Å². The van der Waals surface area contributed by atoms with Crippen molar-refractivity contribution in [3.05, 3.63) is 23.8 Å². The van der Waals surface area contributed by atoms with Gasteiger partial charge in [0.1, 0.15) is 17.9 Å². The Balaban J connectivity index is 2.27. The summed E-state index contributed by atoms with van der Waals surface area (Å²) in [5, 5.41) is 0. The van der Waals surface area contributed by atoms with Gasteiger partial charge in [-0.15, -0.1) is 0 Å². The first-order chi connectivity index (χ1) is 11.2. The Bertz CT molecular complexity index is 662. The lowest BCUT2D eigenvalue weighted by Gasteiger charge is -2.30. The van der Waals surface area contributed by atoms with Crippen molar-refractivity contribution in [2.45, 2.75) is 33.3 Å². The van der Waals surface area contributed by atoms with Crippen molar-refractivity contribution in [3.63, 3.8) is 0 Å². The Morgan fingerprint density at radius 3 is 2.62 bits per heavy atom. The first-order valence-corrected chi connectivity index (χ1v) is 7.67. The van der Waals surface area contributed by atoms with Gasteiger partial charge in [0, 0.05) is 0 Å². The second kappa shape index (κ2) is 6.90. The predicted molar refractivity (Wildman–Crippen MR) is 86.1 cm³/mol. The molecule has 0 aromatic heterocycles. The van der Waals surface area contributed by atoms with Crippen molar-refractivity contribution >= 4 is 23.5 Å². The summed E-state index contributed by atoms with van der Waals surface area (Å²) in [4.78, 5) is 37.3. The molecule has 0 saturated carbocycles. The maximum Gasteiger partial charge on any atom is 0.338 e. The summed E-state index contributed by atoms with van der Waals surface area (Å²) in [5.41, 5.74) is -0.0204. The van der Waals surface area contributed by atoms with Crippen LogP contribution in [0.25, 0.3) is 0 Å². The smallest absolute Gasteiger partial charge is 0.338 e. The molecular weight excluding hydrogens is 314 g/mol. The summed E-state index contributed by atoms with van der Waals surface area (Å²) >= 11 is 0. The molecule has 24 heavy (non-hydrogen) atoms. The number of hydrogen-bond donors (Lipinski definition) is 0. The molecule has 1 amide bonds. The minimum atomic E-state index is -0.651. The Labute approximate surface area is 140 Å². The highest BCUT2D eigenvalue weighted by atomic mass is 16.6. The quantitative estimate of drug-likeness (QED) is 0.782. The van der Waals surface area contributed by atoms with Gasteiger partial charge in [0.2, 0.25) is 0 Å². The van der Waals surface area contributed by atoms with Gasteiger partial charge in [0.25, 0.3) is 5.91 Å². The minimum Gasteiger partial charge on any atom is -0.482 e. The second-order valence-corrected chi connectivity index (χ2v) is 6.26. The number of rotatable bonds is 4. The Morgan fingerprint density at radius 1 is 1.29 bits per heavy atom. The number of carbonyl (C=O) groups is 3. The zero-order valence-corrected chi connectivity index (χ0v) is 14.3. The van der Waals surface area contributed by atoms with E-state index in [0.717, 1.165) is 0 Å². The van der Waals surface area contributed by atoms with E-state index in [1.807, 2.05) is 0 Å². The van der Waals surface area contributed by atoms with Crippen LogP contribution in [0.4, 0.5) is 5.69 Å². The fraction of sp³-hybridized carbons (Fsp3) is 0.471. The number of hydrogen-bond acceptors (Lipinski definition) is 6. The molecule has 0 radical (unpaired) electrons. The van der Waals surface area contributed by atoms with E-state index in [4.69, 9.17) is 14.2 Å². The Morgan fingerprint density at radius 2 is 2.00 bits per heavy atom. The fourth-order valence-corrected chi connectivity index (χ4v) is 2.22. The van der Waals surface area contributed by atoms with Crippen LogP contribution in [0.2, 0.25) is 0 Å². The van der Waals surface area contributed by atoms with Crippen molar-refractivity contribution < 1.29 is 28.6 Å². The van der Waals surface area contributed by atoms with Crippen molar-refractivity contribution in [1.29, 1.82) is 0 Å². The first kappa shape index (κ1) is 17.8. The van der Waals surface area contributed by atoms with E-state index in [1.165, 1.54) is 11.0 Å². The van der Waals surface area contributed by atoms with E-state index in [0.29, 0.717) is 11.4 Å². The second-order valence-electron chi connectivity index (χ2n) is 6.26. The van der Waals surface area contributed by atoms with Crippen LogP contribution in [0, 0.1) is 0 Å². The molecule has 0 N–H and O–H groups in total. The first-order valence-electron chi connectivity index (χ1n) is 7.67. The number of nitrogens with zero attached hydrogens (tertiary/aromatic N) is 1. The van der Waals surface area contributed by atoms with E-state index < -0.39 is 17.5 Å². The van der Waals surface area contributed by atoms with E-state index in [2.05, 4.69) is 0 Å². The lowest BCUT2D eigenvalue weighted by Crippen LogP contribution is -2.43. The minimum absolute atomic E-state index is 0.172. The number of benzene rings is 1. The maximum atomic E-state index is 12.1. The van der Waals surface area contributed by atoms with Crippen LogP contribution in [0.3, 0.4) is 0 Å². The standard InChI is InChI=1S/C17H21NO6/c1-5-22-16(21)11-6-7-13-12(8-11)18(14(19)10-23-13)9-15(20)24-17(2,3)4/h6-8H,5,9-10H2,1-4H3. The van der Waals surface area contributed by atoms with Crippen LogP contribution in [0.1, 0.15) is 38.1 Å². The molecule has 0 aliphatic carbocycles. The van der Waals surface area contributed by atoms with Crippen molar-refractivity contribution in [2.24, 2.45) is 0 Å². The molecule has 0 atom stereocenters. The van der Waals surface area contributed by atoms with Gasteiger partial charge in [0.15, 0.2) is 6.61 Å². The zero-order valence-electron chi connectivity index (χ0n) is 14.3. The number of carbonyl (C=O) groups excluding carboxylic acids is 3. The summed E-state index contributed by atoms with van der Waals surface area (Å²) in [7, 11) is 0. The average molecular weight is 335 g/mol. The van der Waals surface area contributed by atoms with E-state index in [1.54, 1.807) is 39.8 Å². The van der Waals surface area contributed by atoms with E-state index in [-0.39, 0.29) is 31.2 Å². The number of fused-ring (bicyclic) bond motifs is 1. The molecule has 1 aromatic carbocycles. The molecule has 7 heteroatoms. The Hall–Kier alpha value is -2.57. The number of amides is 1. The highest BCUT2D eigenvalue weighted by Gasteiger charge is 2.30. The summed E-state index contributed by atoms with van der Waals surface area (Å²) in [5.74, 6) is -0.999. The van der Waals surface area contributed by atoms with Crippen LogP contribution in [0.15, 0.2) is 18.2 Å². The highest BCUT2D eigenvalue weighted by Crippen LogP contribution is 2.33. The molecule has 0 spiro atoms. The van der Waals surface area contributed by atoms with E-state index >= 15 is 0 Å². The highest BCUT2D eigenvalue weighted by molar-refractivity contribution is 6.03. The molecule has 130 valence electrons. The topological polar surface area (TPSA) is 82.1 Å². The number of ether oxygens (including phenoxy) is 3. The normalized spacial score (nSPS) is 13.8. The average Bonchev–Trinajstić information content (AvgIpc) is 2.48. The molecular formula is C17H21NO6. The Kier molecular flexibility index (Phi) is 5.11. The lowest BCUT2D eigenvalue weighted by molar-refractivity contribution is -0.153. The van der Waals surface area contributed by atoms with Crippen LogP contribution in [0.5, 0.6) is 5.75 Å². The maximum absolute atomic E-state index is 12.1. The summed E-state index contributed by atoms with van der Waals surface area (Å²) < 4.78 is 15.6. The summed E-state index contributed by atoms with van der Waals surface area (Å²) in [6, 6.07) is 4.61. The molecule has 1 aliphatic rings. The molecule has 0 fully saturated rings. The molecule has 1 aliphatic heterocycles. The fourth-order valence-electron chi connectivity index (χ4n) is 2.22. The lowest BCUT2D eigenvalue weighted by atomic mass is 10.1. The molecule has 1 heterocycles. The van der Waals surface area contributed by atoms with Crippen LogP contribution < -0.4 is 9.64 Å². The van der Waals surface area contributed by atoms with Gasteiger partial charge in [-0.3, -0.25) is 14.5 Å². The third kappa shape index (κ3) is 4.24. The van der Waals surface area contributed by atoms with Gasteiger partial charge in [0.05, 0.1) is 17.9 Å². The third-order valence-electron chi connectivity index (χ3n) is 3.12. The third-order valence-corrected chi connectivity index (χ3v) is 3.12. The van der Waals surface area contributed by atoms with Crippen LogP contribution in [-0.2, 0) is 19.1 Å². The monoisotopic (exact) mass is 335 g/mol. The van der Waals surface area contributed by atoms with Gasteiger partial charge >= 0.3 is 11.9 Å². The van der Waals surface area contributed by atoms with Gasteiger partial charge in [-0.1, -0.05) is 0 Å². The summed E-state index contributed by atoms with van der Waals surface area (Å²) in [6.45, 7) is 6.77. The predicted octanol–water partition coefficient (Wildman–Crippen LogP) is 1.93. The molecule has 0 saturated heterocycles. The largest absolute Gasteiger partial charge is 0.482 e.